The van der Waals surface area contributed by atoms with Crippen LogP contribution in [0.2, 0.25) is 0 Å². The molecule has 0 spiro atoms. The van der Waals surface area contributed by atoms with Crippen molar-refractivity contribution in [3.05, 3.63) is 42.0 Å². The molecule has 0 bridgehead atoms. The Morgan fingerprint density at radius 3 is 2.30 bits per heavy atom. The molecule has 0 unspecified atom stereocenters. The van der Waals surface area contributed by atoms with E-state index in [-0.39, 0.29) is 25.6 Å². The summed E-state index contributed by atoms with van der Waals surface area (Å²) in [7, 11) is 0. The third kappa shape index (κ3) is 5.93. The van der Waals surface area contributed by atoms with Crippen molar-refractivity contribution >= 4 is 23.7 Å². The first-order valence-electron chi connectivity index (χ1n) is 6.14. The SMILES string of the molecule is C=C(C)C(=O)OCCOC(=O)Cc1ccc(SC)cc1. The van der Waals surface area contributed by atoms with E-state index in [1.165, 1.54) is 0 Å². The standard InChI is InChI=1S/C15H18O4S/c1-11(2)15(17)19-9-8-18-14(16)10-12-4-6-13(20-3)7-5-12/h4-7H,1,8-10H2,2-3H3. The molecule has 0 atom stereocenters. The first-order chi connectivity index (χ1) is 9.52. The molecule has 1 aromatic carbocycles. The number of carbonyl (C=O) groups excluding carboxylic acids is 2. The average Bonchev–Trinajstić information content (AvgIpc) is 2.44. The molecule has 4 nitrogen and oxygen atoms in total. The molecule has 1 rings (SSSR count). The molecule has 0 saturated carbocycles. The van der Waals surface area contributed by atoms with Crippen LogP contribution in [0, 0.1) is 0 Å². The van der Waals surface area contributed by atoms with Crippen LogP contribution < -0.4 is 0 Å². The highest BCUT2D eigenvalue weighted by molar-refractivity contribution is 7.98. The Morgan fingerprint density at radius 2 is 1.75 bits per heavy atom. The monoisotopic (exact) mass is 294 g/mol. The highest BCUT2D eigenvalue weighted by atomic mass is 32.2. The van der Waals surface area contributed by atoms with Gasteiger partial charge in [-0.05, 0) is 30.9 Å². The third-order valence-electron chi connectivity index (χ3n) is 2.44. The van der Waals surface area contributed by atoms with Crippen molar-refractivity contribution in [2.45, 2.75) is 18.2 Å². The van der Waals surface area contributed by atoms with E-state index in [2.05, 4.69) is 6.58 Å². The van der Waals surface area contributed by atoms with Gasteiger partial charge in [0, 0.05) is 10.5 Å². The van der Waals surface area contributed by atoms with Gasteiger partial charge in [-0.1, -0.05) is 18.7 Å². The number of hydrogen-bond donors (Lipinski definition) is 0. The first kappa shape index (κ1) is 16.3. The molecule has 0 heterocycles. The Labute approximate surface area is 123 Å². The molecule has 0 aliphatic rings. The Morgan fingerprint density at radius 1 is 1.15 bits per heavy atom. The van der Waals surface area contributed by atoms with E-state index in [0.29, 0.717) is 5.57 Å². The fourth-order valence-corrected chi connectivity index (χ4v) is 1.78. The van der Waals surface area contributed by atoms with Crippen LogP contribution in [0.3, 0.4) is 0 Å². The molecule has 108 valence electrons. The van der Waals surface area contributed by atoms with Crippen molar-refractivity contribution in [1.29, 1.82) is 0 Å². The van der Waals surface area contributed by atoms with Crippen LogP contribution in [-0.2, 0) is 25.5 Å². The second kappa shape index (κ2) is 8.43. The zero-order chi connectivity index (χ0) is 15.0. The minimum absolute atomic E-state index is 0.0445. The summed E-state index contributed by atoms with van der Waals surface area (Å²) in [6.45, 7) is 5.12. The van der Waals surface area contributed by atoms with E-state index in [1.807, 2.05) is 30.5 Å². The van der Waals surface area contributed by atoms with Crippen molar-refractivity contribution in [2.24, 2.45) is 0 Å². The minimum atomic E-state index is -0.478. The van der Waals surface area contributed by atoms with Crippen LogP contribution >= 0.6 is 11.8 Å². The lowest BCUT2D eigenvalue weighted by molar-refractivity contribution is -0.149. The molecule has 0 saturated heterocycles. The summed E-state index contributed by atoms with van der Waals surface area (Å²) in [5.74, 6) is -0.818. The van der Waals surface area contributed by atoms with Crippen LogP contribution in [0.25, 0.3) is 0 Å². The van der Waals surface area contributed by atoms with Crippen LogP contribution in [0.15, 0.2) is 41.3 Å². The van der Waals surface area contributed by atoms with Gasteiger partial charge < -0.3 is 9.47 Å². The van der Waals surface area contributed by atoms with Crippen molar-refractivity contribution in [2.75, 3.05) is 19.5 Å². The lowest BCUT2D eigenvalue weighted by atomic mass is 10.1. The number of hydrogen-bond acceptors (Lipinski definition) is 5. The maximum atomic E-state index is 11.6. The van der Waals surface area contributed by atoms with E-state index in [1.54, 1.807) is 18.7 Å². The highest BCUT2D eigenvalue weighted by Gasteiger charge is 2.06. The number of rotatable bonds is 7. The number of ether oxygens (including phenoxy) is 2. The van der Waals surface area contributed by atoms with Gasteiger partial charge in [-0.25, -0.2) is 4.79 Å². The maximum absolute atomic E-state index is 11.6. The van der Waals surface area contributed by atoms with Crippen molar-refractivity contribution < 1.29 is 19.1 Å². The Hall–Kier alpha value is -1.75. The fourth-order valence-electron chi connectivity index (χ4n) is 1.37. The molecule has 0 aromatic heterocycles. The van der Waals surface area contributed by atoms with Gasteiger partial charge in [0.15, 0.2) is 0 Å². The number of benzene rings is 1. The van der Waals surface area contributed by atoms with E-state index in [9.17, 15) is 9.59 Å². The maximum Gasteiger partial charge on any atom is 0.333 e. The minimum Gasteiger partial charge on any atom is -0.462 e. The van der Waals surface area contributed by atoms with Gasteiger partial charge >= 0.3 is 11.9 Å². The third-order valence-corrected chi connectivity index (χ3v) is 3.18. The summed E-state index contributed by atoms with van der Waals surface area (Å²) in [6.07, 6.45) is 2.21. The summed E-state index contributed by atoms with van der Waals surface area (Å²) in [5.41, 5.74) is 1.22. The Balaban J connectivity index is 2.26. The van der Waals surface area contributed by atoms with Crippen molar-refractivity contribution in [3.63, 3.8) is 0 Å². The van der Waals surface area contributed by atoms with Gasteiger partial charge in [0.05, 0.1) is 6.42 Å². The average molecular weight is 294 g/mol. The van der Waals surface area contributed by atoms with E-state index < -0.39 is 5.97 Å². The molecule has 0 radical (unpaired) electrons. The quantitative estimate of drug-likeness (QED) is 0.335. The molecule has 20 heavy (non-hydrogen) atoms. The normalized spacial score (nSPS) is 9.90. The second-order valence-electron chi connectivity index (χ2n) is 4.16. The zero-order valence-corrected chi connectivity index (χ0v) is 12.5. The summed E-state index contributed by atoms with van der Waals surface area (Å²) in [6, 6.07) is 7.71. The number of thioether (sulfide) groups is 1. The lowest BCUT2D eigenvalue weighted by Gasteiger charge is -2.06. The molecule has 0 aliphatic carbocycles. The Kier molecular flexibility index (Phi) is 6.87. The van der Waals surface area contributed by atoms with E-state index in [0.717, 1.165) is 10.5 Å². The van der Waals surface area contributed by atoms with Gasteiger partial charge in [-0.3, -0.25) is 4.79 Å². The van der Waals surface area contributed by atoms with Gasteiger partial charge in [-0.15, -0.1) is 11.8 Å². The second-order valence-corrected chi connectivity index (χ2v) is 5.04. The summed E-state index contributed by atoms with van der Waals surface area (Å²) in [5, 5.41) is 0. The summed E-state index contributed by atoms with van der Waals surface area (Å²) >= 11 is 1.65. The molecule has 0 fully saturated rings. The van der Waals surface area contributed by atoms with E-state index in [4.69, 9.17) is 9.47 Å². The predicted molar refractivity (Wildman–Crippen MR) is 78.7 cm³/mol. The van der Waals surface area contributed by atoms with Crippen LogP contribution in [0.4, 0.5) is 0 Å². The van der Waals surface area contributed by atoms with Gasteiger partial charge in [-0.2, -0.15) is 0 Å². The molecular formula is C15H18O4S. The lowest BCUT2D eigenvalue weighted by Crippen LogP contribution is -2.15. The summed E-state index contributed by atoms with van der Waals surface area (Å²) in [4.78, 5) is 23.8. The van der Waals surface area contributed by atoms with Gasteiger partial charge in [0.25, 0.3) is 0 Å². The van der Waals surface area contributed by atoms with Crippen LogP contribution in [0.5, 0.6) is 0 Å². The first-order valence-corrected chi connectivity index (χ1v) is 7.36. The summed E-state index contributed by atoms with van der Waals surface area (Å²) < 4.78 is 9.80. The topological polar surface area (TPSA) is 52.6 Å². The molecule has 0 aliphatic heterocycles. The van der Waals surface area contributed by atoms with E-state index >= 15 is 0 Å². The molecule has 0 amide bonds. The van der Waals surface area contributed by atoms with Crippen molar-refractivity contribution in [3.8, 4) is 0 Å². The molecular weight excluding hydrogens is 276 g/mol. The zero-order valence-electron chi connectivity index (χ0n) is 11.7. The largest absolute Gasteiger partial charge is 0.462 e. The van der Waals surface area contributed by atoms with Gasteiger partial charge in [0.1, 0.15) is 13.2 Å². The molecule has 1 aromatic rings. The van der Waals surface area contributed by atoms with Gasteiger partial charge in [0.2, 0.25) is 0 Å². The number of esters is 2. The fraction of sp³-hybridized carbons (Fsp3) is 0.333. The number of carbonyl (C=O) groups is 2. The van der Waals surface area contributed by atoms with Crippen LogP contribution in [0.1, 0.15) is 12.5 Å². The predicted octanol–water partition coefficient (Wildman–Crippen LogP) is 2.61. The van der Waals surface area contributed by atoms with Crippen molar-refractivity contribution in [1.82, 2.24) is 0 Å². The Bertz CT molecular complexity index is 479. The van der Waals surface area contributed by atoms with Crippen LogP contribution in [-0.4, -0.2) is 31.4 Å². The highest BCUT2D eigenvalue weighted by Crippen LogP contribution is 2.15. The molecule has 5 heteroatoms. The molecule has 0 N–H and O–H groups in total. The smallest absolute Gasteiger partial charge is 0.333 e.